The number of nitrogens with one attached hydrogen (secondary N) is 1. The maximum Gasteiger partial charge on any atom is 0.262 e. The Balaban J connectivity index is 2.04. The predicted molar refractivity (Wildman–Crippen MR) is 95.7 cm³/mol. The highest BCUT2D eigenvalue weighted by Gasteiger charge is 2.19. The molecule has 0 aliphatic carbocycles. The molecule has 0 spiro atoms. The first-order chi connectivity index (χ1) is 10.8. The molecule has 2 aromatic carbocycles. The summed E-state index contributed by atoms with van der Waals surface area (Å²) < 4.78 is 5.68. The van der Waals surface area contributed by atoms with Gasteiger partial charge in [-0.15, -0.1) is 0 Å². The average Bonchev–Trinajstić information content (AvgIpc) is 2.49. The summed E-state index contributed by atoms with van der Waals surface area (Å²) in [6.45, 7) is 6.19. The van der Waals surface area contributed by atoms with Gasteiger partial charge in [-0.05, 0) is 29.2 Å². The number of carbonyl (C=O) groups excluding carboxylic acids is 1. The molecule has 0 aliphatic heterocycles. The van der Waals surface area contributed by atoms with Crippen molar-refractivity contribution in [2.75, 3.05) is 11.9 Å². The van der Waals surface area contributed by atoms with Gasteiger partial charge in [-0.2, -0.15) is 0 Å². The summed E-state index contributed by atoms with van der Waals surface area (Å²) in [6.07, 6.45) is 0. The minimum absolute atomic E-state index is 0.0661. The van der Waals surface area contributed by atoms with Gasteiger partial charge in [0.05, 0.1) is 15.7 Å². The molecule has 0 atom stereocenters. The van der Waals surface area contributed by atoms with Crippen molar-refractivity contribution in [2.45, 2.75) is 26.2 Å². The molecule has 3 nitrogen and oxygen atoms in total. The van der Waals surface area contributed by atoms with E-state index in [9.17, 15) is 4.79 Å². The third-order valence-corrected chi connectivity index (χ3v) is 4.10. The fourth-order valence-electron chi connectivity index (χ4n) is 2.14. The molecule has 0 heterocycles. The van der Waals surface area contributed by atoms with E-state index in [4.69, 9.17) is 27.9 Å². The zero-order chi connectivity index (χ0) is 17.0. The molecule has 2 aromatic rings. The van der Waals surface area contributed by atoms with Gasteiger partial charge in [0.25, 0.3) is 5.91 Å². The van der Waals surface area contributed by atoms with E-state index in [1.165, 1.54) is 0 Å². The average molecular weight is 352 g/mol. The van der Waals surface area contributed by atoms with Gasteiger partial charge in [0.1, 0.15) is 5.75 Å². The number of hydrogen-bond donors (Lipinski definition) is 1. The van der Waals surface area contributed by atoms with E-state index in [1.54, 1.807) is 18.2 Å². The van der Waals surface area contributed by atoms with Crippen LogP contribution in [0.25, 0.3) is 0 Å². The van der Waals surface area contributed by atoms with Gasteiger partial charge in [-0.25, -0.2) is 0 Å². The third-order valence-electron chi connectivity index (χ3n) is 3.28. The second kappa shape index (κ2) is 7.24. The Bertz CT molecular complexity index is 708. The first-order valence-electron chi connectivity index (χ1n) is 7.25. The summed E-state index contributed by atoms with van der Waals surface area (Å²) in [6, 6.07) is 12.8. The van der Waals surface area contributed by atoms with E-state index in [0.717, 1.165) is 5.56 Å². The molecule has 0 unspecified atom stereocenters. The monoisotopic (exact) mass is 351 g/mol. The zero-order valence-corrected chi connectivity index (χ0v) is 14.8. The van der Waals surface area contributed by atoms with Crippen LogP contribution in [0.5, 0.6) is 5.75 Å². The lowest BCUT2D eigenvalue weighted by molar-refractivity contribution is -0.118. The summed E-state index contributed by atoms with van der Waals surface area (Å²) in [5.74, 6) is 0.408. The van der Waals surface area contributed by atoms with Crippen LogP contribution in [0, 0.1) is 0 Å². The van der Waals surface area contributed by atoms with Crippen LogP contribution < -0.4 is 10.1 Å². The molecule has 23 heavy (non-hydrogen) atoms. The van der Waals surface area contributed by atoms with Crippen LogP contribution in [-0.2, 0) is 10.2 Å². The number of amides is 1. The Labute approximate surface area is 146 Å². The molecule has 0 aliphatic rings. The highest BCUT2D eigenvalue weighted by molar-refractivity contribution is 6.43. The molecular weight excluding hydrogens is 333 g/mol. The number of ether oxygens (including phenoxy) is 1. The van der Waals surface area contributed by atoms with Gasteiger partial charge in [0.15, 0.2) is 6.61 Å². The molecule has 0 fully saturated rings. The first-order valence-corrected chi connectivity index (χ1v) is 8.01. The number of halogens is 2. The van der Waals surface area contributed by atoms with Crippen LogP contribution in [-0.4, -0.2) is 12.5 Å². The van der Waals surface area contributed by atoms with Gasteiger partial charge in [-0.3, -0.25) is 4.79 Å². The van der Waals surface area contributed by atoms with E-state index in [-0.39, 0.29) is 17.9 Å². The molecule has 2 rings (SSSR count). The Morgan fingerprint density at radius 1 is 1.09 bits per heavy atom. The van der Waals surface area contributed by atoms with Gasteiger partial charge >= 0.3 is 0 Å². The number of hydrogen-bond acceptors (Lipinski definition) is 2. The van der Waals surface area contributed by atoms with E-state index >= 15 is 0 Å². The Morgan fingerprint density at radius 3 is 2.48 bits per heavy atom. The summed E-state index contributed by atoms with van der Waals surface area (Å²) in [7, 11) is 0. The lowest BCUT2D eigenvalue weighted by atomic mass is 9.86. The summed E-state index contributed by atoms with van der Waals surface area (Å²) in [4.78, 5) is 12.1. The van der Waals surface area contributed by atoms with Crippen molar-refractivity contribution in [1.29, 1.82) is 0 Å². The van der Waals surface area contributed by atoms with E-state index < -0.39 is 0 Å². The quantitative estimate of drug-likeness (QED) is 0.810. The van der Waals surface area contributed by atoms with Gasteiger partial charge in [-0.1, -0.05) is 68.2 Å². The topological polar surface area (TPSA) is 38.3 Å². The van der Waals surface area contributed by atoms with Gasteiger partial charge in [0.2, 0.25) is 0 Å². The Morgan fingerprint density at radius 2 is 1.78 bits per heavy atom. The fraction of sp³-hybridized carbons (Fsp3) is 0.278. The summed E-state index contributed by atoms with van der Waals surface area (Å²) in [5.41, 5.74) is 1.45. The molecule has 1 N–H and O–H groups in total. The van der Waals surface area contributed by atoms with E-state index in [1.807, 2.05) is 24.3 Å². The minimum Gasteiger partial charge on any atom is -0.483 e. The molecule has 0 bridgehead atoms. The highest BCUT2D eigenvalue weighted by Crippen LogP contribution is 2.31. The van der Waals surface area contributed by atoms with Crippen molar-refractivity contribution >= 4 is 34.8 Å². The number of carbonyl (C=O) groups is 1. The molecular formula is C18H19Cl2NO2. The third kappa shape index (κ3) is 4.63. The number of anilines is 1. The van der Waals surface area contributed by atoms with Crippen molar-refractivity contribution in [2.24, 2.45) is 0 Å². The molecule has 122 valence electrons. The van der Waals surface area contributed by atoms with Crippen LogP contribution in [0.4, 0.5) is 5.69 Å². The second-order valence-corrected chi connectivity index (χ2v) is 6.97. The molecule has 0 saturated carbocycles. The predicted octanol–water partition coefficient (Wildman–Crippen LogP) is 5.31. The van der Waals surface area contributed by atoms with Crippen LogP contribution in [0.1, 0.15) is 26.3 Å². The zero-order valence-electron chi connectivity index (χ0n) is 13.3. The van der Waals surface area contributed by atoms with Crippen molar-refractivity contribution in [1.82, 2.24) is 0 Å². The van der Waals surface area contributed by atoms with E-state index in [0.29, 0.717) is 21.5 Å². The minimum atomic E-state index is -0.294. The smallest absolute Gasteiger partial charge is 0.262 e. The molecule has 0 saturated heterocycles. The lowest BCUT2D eigenvalue weighted by Crippen LogP contribution is -2.22. The number of para-hydroxylation sites is 1. The highest BCUT2D eigenvalue weighted by atomic mass is 35.5. The standard InChI is InChI=1S/C18H19Cl2NO2/c1-18(2,3)12-7-4-5-10-15(12)23-11-16(22)21-14-9-6-8-13(19)17(14)20/h4-10H,11H2,1-3H3,(H,21,22). The maximum atomic E-state index is 12.1. The summed E-state index contributed by atoms with van der Waals surface area (Å²) in [5, 5.41) is 3.41. The van der Waals surface area contributed by atoms with E-state index in [2.05, 4.69) is 26.1 Å². The SMILES string of the molecule is CC(C)(C)c1ccccc1OCC(=O)Nc1cccc(Cl)c1Cl. The van der Waals surface area contributed by atoms with Crippen LogP contribution in [0.2, 0.25) is 10.0 Å². The Kier molecular flexibility index (Phi) is 5.55. The van der Waals surface area contributed by atoms with Crippen LogP contribution in [0.3, 0.4) is 0 Å². The molecule has 0 radical (unpaired) electrons. The molecule has 5 heteroatoms. The summed E-state index contributed by atoms with van der Waals surface area (Å²) >= 11 is 12.0. The number of benzene rings is 2. The van der Waals surface area contributed by atoms with Crippen molar-refractivity contribution in [3.05, 3.63) is 58.1 Å². The van der Waals surface area contributed by atoms with Crippen molar-refractivity contribution in [3.8, 4) is 5.75 Å². The van der Waals surface area contributed by atoms with Gasteiger partial charge in [0, 0.05) is 0 Å². The maximum absolute atomic E-state index is 12.1. The molecule has 1 amide bonds. The fourth-order valence-corrected chi connectivity index (χ4v) is 2.49. The second-order valence-electron chi connectivity index (χ2n) is 6.18. The largest absolute Gasteiger partial charge is 0.483 e. The Hall–Kier alpha value is -1.71. The number of rotatable bonds is 4. The lowest BCUT2D eigenvalue weighted by Gasteiger charge is -2.22. The normalized spacial score (nSPS) is 11.2. The van der Waals surface area contributed by atoms with Crippen LogP contribution >= 0.6 is 23.2 Å². The first kappa shape index (κ1) is 17.6. The molecule has 0 aromatic heterocycles. The van der Waals surface area contributed by atoms with Crippen molar-refractivity contribution in [3.63, 3.8) is 0 Å². The van der Waals surface area contributed by atoms with Crippen LogP contribution in [0.15, 0.2) is 42.5 Å². The van der Waals surface area contributed by atoms with Gasteiger partial charge < -0.3 is 10.1 Å². The van der Waals surface area contributed by atoms with Crippen molar-refractivity contribution < 1.29 is 9.53 Å².